The Kier molecular flexibility index (Phi) is 7.15. The number of pyridine rings is 1. The van der Waals surface area contributed by atoms with Crippen molar-refractivity contribution in [1.29, 1.82) is 0 Å². The van der Waals surface area contributed by atoms with Crippen molar-refractivity contribution in [2.24, 2.45) is 0 Å². The number of hydrogen-bond acceptors (Lipinski definition) is 7. The molecule has 1 aliphatic heterocycles. The van der Waals surface area contributed by atoms with Gasteiger partial charge in [-0.05, 0) is 44.7 Å². The van der Waals surface area contributed by atoms with E-state index in [1.54, 1.807) is 0 Å². The van der Waals surface area contributed by atoms with Crippen LogP contribution in [0.2, 0.25) is 0 Å². The predicted molar refractivity (Wildman–Crippen MR) is 131 cm³/mol. The van der Waals surface area contributed by atoms with Crippen LogP contribution in [0.1, 0.15) is 38.2 Å². The summed E-state index contributed by atoms with van der Waals surface area (Å²) in [7, 11) is 0. The van der Waals surface area contributed by atoms with Crippen LogP contribution in [0.15, 0.2) is 49.2 Å². The number of aliphatic hydroxyl groups is 1. The fraction of sp³-hybridized carbons (Fsp3) is 0.500. The van der Waals surface area contributed by atoms with E-state index in [2.05, 4.69) is 24.9 Å². The fourth-order valence-corrected chi connectivity index (χ4v) is 5.32. The Bertz CT molecular complexity index is 1130. The minimum absolute atomic E-state index is 0.0106. The SMILES string of the molecule is CC(N1CCN(c2ccc(OC3CCCC3)nc2)CC1)C(O)(Cn1cncn1)c1ccc(F)cc1F. The van der Waals surface area contributed by atoms with Crippen molar-refractivity contribution in [2.45, 2.75) is 56.9 Å². The summed E-state index contributed by atoms with van der Waals surface area (Å²) in [6, 6.07) is 6.78. The van der Waals surface area contributed by atoms with Gasteiger partial charge in [0.05, 0.1) is 18.4 Å². The maximum atomic E-state index is 14.9. The van der Waals surface area contributed by atoms with Crippen LogP contribution in [0.4, 0.5) is 14.5 Å². The van der Waals surface area contributed by atoms with Gasteiger partial charge in [-0.15, -0.1) is 0 Å². The third-order valence-corrected chi connectivity index (χ3v) is 7.50. The third-order valence-electron chi connectivity index (χ3n) is 7.50. The summed E-state index contributed by atoms with van der Waals surface area (Å²) in [6.45, 7) is 4.61. The fourth-order valence-electron chi connectivity index (χ4n) is 5.32. The summed E-state index contributed by atoms with van der Waals surface area (Å²) in [6.07, 6.45) is 9.57. The highest BCUT2D eigenvalue weighted by Crippen LogP contribution is 2.33. The lowest BCUT2D eigenvalue weighted by molar-refractivity contribution is -0.0650. The number of benzene rings is 1. The molecule has 36 heavy (non-hydrogen) atoms. The van der Waals surface area contributed by atoms with Gasteiger partial charge in [-0.1, -0.05) is 6.07 Å². The van der Waals surface area contributed by atoms with Crippen LogP contribution >= 0.6 is 0 Å². The van der Waals surface area contributed by atoms with Gasteiger partial charge >= 0.3 is 0 Å². The van der Waals surface area contributed by atoms with Gasteiger partial charge < -0.3 is 14.7 Å². The first-order chi connectivity index (χ1) is 17.4. The minimum Gasteiger partial charge on any atom is -0.474 e. The second-order valence-corrected chi connectivity index (χ2v) is 9.72. The number of aromatic nitrogens is 4. The molecule has 0 radical (unpaired) electrons. The largest absolute Gasteiger partial charge is 0.474 e. The van der Waals surface area contributed by atoms with Gasteiger partial charge in [0.1, 0.15) is 36.0 Å². The molecule has 0 amide bonds. The molecular weight excluding hydrogens is 466 g/mol. The summed E-state index contributed by atoms with van der Waals surface area (Å²) in [4.78, 5) is 12.8. The Morgan fingerprint density at radius 2 is 1.89 bits per heavy atom. The number of rotatable bonds is 8. The maximum Gasteiger partial charge on any atom is 0.213 e. The van der Waals surface area contributed by atoms with Gasteiger partial charge in [0.15, 0.2) is 0 Å². The van der Waals surface area contributed by atoms with E-state index in [1.165, 1.54) is 42.3 Å². The van der Waals surface area contributed by atoms with E-state index in [-0.39, 0.29) is 18.2 Å². The van der Waals surface area contributed by atoms with Crippen LogP contribution in [0.3, 0.4) is 0 Å². The molecule has 2 atom stereocenters. The molecule has 192 valence electrons. The number of halogens is 2. The first-order valence-corrected chi connectivity index (χ1v) is 12.5. The van der Waals surface area contributed by atoms with Crippen molar-refractivity contribution in [3.63, 3.8) is 0 Å². The molecule has 2 fully saturated rings. The number of ether oxygens (including phenoxy) is 1. The lowest BCUT2D eigenvalue weighted by Crippen LogP contribution is -2.57. The minimum atomic E-state index is -1.64. The first kappa shape index (κ1) is 24.6. The van der Waals surface area contributed by atoms with E-state index < -0.39 is 23.3 Å². The summed E-state index contributed by atoms with van der Waals surface area (Å²) in [5, 5.41) is 15.9. The van der Waals surface area contributed by atoms with E-state index in [4.69, 9.17) is 4.74 Å². The Morgan fingerprint density at radius 3 is 2.53 bits per heavy atom. The Morgan fingerprint density at radius 1 is 1.11 bits per heavy atom. The highest BCUT2D eigenvalue weighted by atomic mass is 19.1. The molecule has 1 saturated heterocycles. The average Bonchev–Trinajstić information content (AvgIpc) is 3.59. The lowest BCUT2D eigenvalue weighted by Gasteiger charge is -2.45. The highest BCUT2D eigenvalue weighted by molar-refractivity contribution is 5.46. The zero-order valence-electron chi connectivity index (χ0n) is 20.4. The monoisotopic (exact) mass is 498 g/mol. The van der Waals surface area contributed by atoms with E-state index >= 15 is 0 Å². The zero-order valence-corrected chi connectivity index (χ0v) is 20.4. The molecule has 10 heteroatoms. The van der Waals surface area contributed by atoms with Crippen molar-refractivity contribution >= 4 is 5.69 Å². The van der Waals surface area contributed by atoms with E-state index in [1.807, 2.05) is 25.3 Å². The topological polar surface area (TPSA) is 79.5 Å². The van der Waals surface area contributed by atoms with Crippen molar-refractivity contribution in [1.82, 2.24) is 24.6 Å². The molecule has 0 spiro atoms. The van der Waals surface area contributed by atoms with Crippen LogP contribution in [0.5, 0.6) is 5.88 Å². The summed E-state index contributed by atoms with van der Waals surface area (Å²) in [5.41, 5.74) is -0.589. The molecule has 0 bridgehead atoms. The second-order valence-electron chi connectivity index (χ2n) is 9.72. The maximum absolute atomic E-state index is 14.9. The van der Waals surface area contributed by atoms with E-state index in [0.29, 0.717) is 19.0 Å². The van der Waals surface area contributed by atoms with Crippen molar-refractivity contribution in [2.75, 3.05) is 31.1 Å². The second kappa shape index (κ2) is 10.5. The van der Waals surface area contributed by atoms with Gasteiger partial charge in [-0.2, -0.15) is 5.10 Å². The van der Waals surface area contributed by atoms with Crippen LogP contribution in [-0.2, 0) is 12.1 Å². The molecule has 1 aliphatic carbocycles. The first-order valence-electron chi connectivity index (χ1n) is 12.5. The summed E-state index contributed by atoms with van der Waals surface area (Å²) >= 11 is 0. The normalized spacial score (nSPS) is 19.8. The number of nitrogens with zero attached hydrogens (tertiary/aromatic N) is 6. The molecule has 8 nitrogen and oxygen atoms in total. The third kappa shape index (κ3) is 5.19. The van der Waals surface area contributed by atoms with Gasteiger partial charge in [0.2, 0.25) is 5.88 Å². The molecule has 1 N–H and O–H groups in total. The standard InChI is InChI=1S/C26H32F2N6O2/c1-19(26(35,16-34-18-29-17-31-34)23-8-6-20(27)14-24(23)28)32-10-12-33(13-11-32)21-7-9-25(30-15-21)36-22-4-2-3-5-22/h6-9,14-15,17-19,22,35H,2-5,10-13,16H2,1H3. The highest BCUT2D eigenvalue weighted by Gasteiger charge is 2.42. The molecule has 1 saturated carbocycles. The van der Waals surface area contributed by atoms with Gasteiger partial charge in [-0.3, -0.25) is 4.90 Å². The zero-order chi connectivity index (χ0) is 25.1. The Hall–Kier alpha value is -3.11. The Balaban J connectivity index is 1.27. The molecule has 5 rings (SSSR count). The molecular formula is C26H32F2N6O2. The quantitative estimate of drug-likeness (QED) is 0.510. The van der Waals surface area contributed by atoms with Gasteiger partial charge in [0.25, 0.3) is 0 Å². The van der Waals surface area contributed by atoms with E-state index in [9.17, 15) is 13.9 Å². The molecule has 2 aliphatic rings. The molecule has 2 unspecified atom stereocenters. The average molecular weight is 499 g/mol. The molecule has 3 heterocycles. The van der Waals surface area contributed by atoms with Crippen LogP contribution in [0.25, 0.3) is 0 Å². The predicted octanol–water partition coefficient (Wildman–Crippen LogP) is 3.37. The van der Waals surface area contributed by atoms with Gasteiger partial charge in [-0.25, -0.2) is 23.4 Å². The van der Waals surface area contributed by atoms with Crippen molar-refractivity contribution in [3.05, 3.63) is 66.4 Å². The van der Waals surface area contributed by atoms with Crippen LogP contribution in [-0.4, -0.2) is 68.1 Å². The Labute approximate surface area is 209 Å². The van der Waals surface area contributed by atoms with Crippen molar-refractivity contribution in [3.8, 4) is 5.88 Å². The van der Waals surface area contributed by atoms with Crippen LogP contribution in [0, 0.1) is 11.6 Å². The molecule has 1 aromatic carbocycles. The number of piperazine rings is 1. The molecule has 2 aromatic heterocycles. The van der Waals surface area contributed by atoms with E-state index in [0.717, 1.165) is 37.7 Å². The van der Waals surface area contributed by atoms with Crippen molar-refractivity contribution < 1.29 is 18.6 Å². The molecule has 3 aromatic rings. The summed E-state index contributed by atoms with van der Waals surface area (Å²) < 4.78 is 35.9. The van der Waals surface area contributed by atoms with Crippen LogP contribution < -0.4 is 9.64 Å². The smallest absolute Gasteiger partial charge is 0.213 e. The number of hydrogen-bond donors (Lipinski definition) is 1. The lowest BCUT2D eigenvalue weighted by atomic mass is 9.85. The summed E-state index contributed by atoms with van der Waals surface area (Å²) in [5.74, 6) is -0.805. The van der Waals surface area contributed by atoms with Gasteiger partial charge in [0, 0.05) is 49.9 Å². The number of anilines is 1.